The lowest BCUT2D eigenvalue weighted by Gasteiger charge is -2.25. The second-order valence-corrected chi connectivity index (χ2v) is 16.2. The van der Waals surface area contributed by atoms with E-state index in [9.17, 15) is 19.4 Å². The minimum absolute atomic E-state index is 0.00177. The van der Waals surface area contributed by atoms with Crippen LogP contribution in [-0.4, -0.2) is 42.5 Å². The van der Waals surface area contributed by atoms with Crippen molar-refractivity contribution in [2.45, 2.75) is 52.4 Å². The lowest BCUT2D eigenvalue weighted by Crippen LogP contribution is -2.36. The number of nitrogens with zero attached hydrogens (tertiary/aromatic N) is 2. The van der Waals surface area contributed by atoms with Gasteiger partial charge < -0.3 is 23.0 Å². The van der Waals surface area contributed by atoms with Gasteiger partial charge in [-0.3, -0.25) is 14.7 Å². The molecule has 1 N–H and O–H groups in total. The molecule has 0 bridgehead atoms. The molecule has 1 aromatic heterocycles. The Kier molecular flexibility index (Phi) is 12.9. The summed E-state index contributed by atoms with van der Waals surface area (Å²) < 4.78 is 38.0. The predicted octanol–water partition coefficient (Wildman–Crippen LogP) is 10.2. The number of hydrogen-bond acceptors (Lipinski definition) is 11. The van der Waals surface area contributed by atoms with Gasteiger partial charge in [0.1, 0.15) is 30.1 Å². The van der Waals surface area contributed by atoms with Crippen molar-refractivity contribution in [2.75, 3.05) is 18.5 Å². The van der Waals surface area contributed by atoms with Crippen LogP contribution >= 0.6 is 31.4 Å². The maximum Gasteiger partial charge on any atom is 0.527 e. The molecule has 0 aliphatic heterocycles. The van der Waals surface area contributed by atoms with Crippen molar-refractivity contribution in [2.24, 2.45) is 0 Å². The van der Waals surface area contributed by atoms with Crippen LogP contribution in [0.15, 0.2) is 108 Å². The number of halogens is 1. The van der Waals surface area contributed by atoms with Crippen molar-refractivity contribution < 1.29 is 37.2 Å². The molecule has 1 aliphatic rings. The van der Waals surface area contributed by atoms with E-state index < -0.39 is 38.4 Å². The highest BCUT2D eigenvalue weighted by atomic mass is 35.5. The Bertz CT molecular complexity index is 2320. The molecule has 0 saturated carbocycles. The molecule has 56 heavy (non-hydrogen) atoms. The van der Waals surface area contributed by atoms with Gasteiger partial charge in [0, 0.05) is 16.5 Å². The first kappa shape index (κ1) is 40.5. The summed E-state index contributed by atoms with van der Waals surface area (Å²) in [6, 6.07) is 33.5. The summed E-state index contributed by atoms with van der Waals surface area (Å²) in [5.74, 6) is -1.34. The fraction of sp³-hybridized carbons (Fsp3) is 0.238. The van der Waals surface area contributed by atoms with E-state index in [1.807, 2.05) is 84.9 Å². The zero-order valence-corrected chi connectivity index (χ0v) is 33.5. The zero-order chi connectivity index (χ0) is 40.0. The second kappa shape index (κ2) is 17.8. The number of amides is 1. The molecule has 1 heterocycles. The average molecular weight is 812 g/mol. The van der Waals surface area contributed by atoms with Gasteiger partial charge in [-0.25, -0.2) is 4.79 Å². The molecule has 6 rings (SSSR count). The molecule has 0 saturated heterocycles. The molecule has 0 unspecified atom stereocenters. The molecule has 0 atom stereocenters. The molecule has 1 aliphatic carbocycles. The maximum absolute atomic E-state index is 14.6. The Labute approximate surface area is 335 Å². The van der Waals surface area contributed by atoms with Crippen molar-refractivity contribution in [1.29, 1.82) is 5.26 Å². The van der Waals surface area contributed by atoms with E-state index in [0.29, 0.717) is 10.6 Å². The SMILES string of the molecule is CC(C)OP(=O)(OC(C)C)c1c(NC(=O)CN(Cc2ccccc2)OC(=O)OCC2c3ccccc3-c3ccccc32)oc(-c2ccc(Cl)cc2)c(C#N)c1=S. The van der Waals surface area contributed by atoms with Gasteiger partial charge in [-0.15, -0.1) is 5.06 Å². The van der Waals surface area contributed by atoms with Gasteiger partial charge in [0.05, 0.1) is 23.3 Å². The number of benzene rings is 4. The summed E-state index contributed by atoms with van der Waals surface area (Å²) in [5, 5.41) is 14.2. The van der Waals surface area contributed by atoms with E-state index in [1.165, 1.54) is 0 Å². The van der Waals surface area contributed by atoms with Crippen LogP contribution in [0.5, 0.6) is 0 Å². The van der Waals surface area contributed by atoms with Crippen LogP contribution in [0.3, 0.4) is 0 Å². The molecule has 0 spiro atoms. The quantitative estimate of drug-likeness (QED) is 0.0496. The molecular weight excluding hydrogens is 773 g/mol. The van der Waals surface area contributed by atoms with E-state index in [1.54, 1.807) is 52.0 Å². The fourth-order valence-electron chi connectivity index (χ4n) is 6.41. The number of carbonyl (C=O) groups is 2. The Morgan fingerprint density at radius 1 is 0.893 bits per heavy atom. The van der Waals surface area contributed by atoms with Crippen LogP contribution < -0.4 is 10.6 Å². The Morgan fingerprint density at radius 2 is 1.46 bits per heavy atom. The minimum Gasteiger partial charge on any atom is -0.438 e. The molecule has 14 heteroatoms. The number of rotatable bonds is 14. The fourth-order valence-corrected chi connectivity index (χ4v) is 9.18. The van der Waals surface area contributed by atoms with Gasteiger partial charge in [-0.2, -0.15) is 5.26 Å². The molecule has 0 fully saturated rings. The summed E-state index contributed by atoms with van der Waals surface area (Å²) in [6.45, 7) is 6.10. The first-order valence-electron chi connectivity index (χ1n) is 17.8. The summed E-state index contributed by atoms with van der Waals surface area (Å²) in [6.07, 6.45) is -2.26. The van der Waals surface area contributed by atoms with Crippen LogP contribution in [0.4, 0.5) is 10.7 Å². The number of ether oxygens (including phenoxy) is 1. The normalized spacial score (nSPS) is 12.3. The Morgan fingerprint density at radius 3 is 2.04 bits per heavy atom. The predicted molar refractivity (Wildman–Crippen MR) is 216 cm³/mol. The van der Waals surface area contributed by atoms with E-state index in [2.05, 4.69) is 5.32 Å². The lowest BCUT2D eigenvalue weighted by molar-refractivity contribution is -0.148. The maximum atomic E-state index is 14.6. The highest BCUT2D eigenvalue weighted by Gasteiger charge is 2.39. The summed E-state index contributed by atoms with van der Waals surface area (Å²) in [7, 11) is -4.36. The van der Waals surface area contributed by atoms with Gasteiger partial charge in [0.15, 0.2) is 5.76 Å². The number of hydrogen-bond donors (Lipinski definition) is 1. The highest BCUT2D eigenvalue weighted by molar-refractivity contribution is 7.73. The van der Waals surface area contributed by atoms with Gasteiger partial charge >= 0.3 is 13.8 Å². The van der Waals surface area contributed by atoms with Gasteiger partial charge in [-0.1, -0.05) is 103 Å². The zero-order valence-electron chi connectivity index (χ0n) is 31.1. The average Bonchev–Trinajstić information content (AvgIpc) is 3.47. The van der Waals surface area contributed by atoms with E-state index in [0.717, 1.165) is 32.9 Å². The molecule has 1 amide bonds. The Balaban J connectivity index is 1.30. The van der Waals surface area contributed by atoms with Crippen LogP contribution in [0, 0.1) is 15.8 Å². The number of fused-ring (bicyclic) bond motifs is 3. The highest BCUT2D eigenvalue weighted by Crippen LogP contribution is 2.52. The third-order valence-corrected chi connectivity index (χ3v) is 11.8. The van der Waals surface area contributed by atoms with Gasteiger partial charge in [0.25, 0.3) is 0 Å². The van der Waals surface area contributed by atoms with Crippen LogP contribution in [0.25, 0.3) is 22.5 Å². The van der Waals surface area contributed by atoms with Crippen molar-refractivity contribution in [1.82, 2.24) is 5.06 Å². The summed E-state index contributed by atoms with van der Waals surface area (Å²) in [5.41, 5.74) is 5.22. The summed E-state index contributed by atoms with van der Waals surface area (Å²) >= 11 is 11.9. The van der Waals surface area contributed by atoms with Crippen LogP contribution in [-0.2, 0) is 34.5 Å². The molecular formula is C42H39ClN3O8PS. The first-order valence-corrected chi connectivity index (χ1v) is 20.2. The second-order valence-electron chi connectivity index (χ2n) is 13.4. The van der Waals surface area contributed by atoms with Crippen LogP contribution in [0.1, 0.15) is 55.9 Å². The molecule has 4 aromatic carbocycles. The molecule has 11 nitrogen and oxygen atoms in total. The summed E-state index contributed by atoms with van der Waals surface area (Å²) in [4.78, 5) is 33.0. The van der Waals surface area contributed by atoms with Crippen LogP contribution in [0.2, 0.25) is 5.02 Å². The van der Waals surface area contributed by atoms with Gasteiger partial charge in [-0.05, 0) is 79.8 Å². The number of nitrogens with one attached hydrogen (secondary N) is 1. The van der Waals surface area contributed by atoms with E-state index in [4.69, 9.17) is 46.9 Å². The monoisotopic (exact) mass is 811 g/mol. The minimum atomic E-state index is -4.36. The van der Waals surface area contributed by atoms with Gasteiger partial charge in [0.2, 0.25) is 11.8 Å². The number of anilines is 1. The van der Waals surface area contributed by atoms with Crippen molar-refractivity contribution in [3.8, 4) is 28.5 Å². The molecule has 0 radical (unpaired) electrons. The lowest BCUT2D eigenvalue weighted by atomic mass is 9.98. The van der Waals surface area contributed by atoms with E-state index >= 15 is 0 Å². The van der Waals surface area contributed by atoms with Crippen molar-refractivity contribution in [3.63, 3.8) is 0 Å². The third-order valence-electron chi connectivity index (χ3n) is 8.59. The number of hydroxylamine groups is 2. The third kappa shape index (κ3) is 9.28. The molecule has 288 valence electrons. The smallest absolute Gasteiger partial charge is 0.438 e. The molecule has 5 aromatic rings. The Hall–Kier alpha value is -5.12. The standard InChI is InChI=1S/C42H39ClN3O8PS/c1-26(2)53-55(49,54-27(3)4)39-40(56)35(22-44)38(29-18-20-30(43)21-19-29)51-41(39)45-37(47)24-46(23-28-12-6-5-7-13-28)52-42(48)50-25-36-33-16-10-8-14-31(33)32-15-9-11-17-34(32)36/h5-21,26-27,36H,23-25H2,1-4H3,(H,45,47). The first-order chi connectivity index (χ1) is 26.9. The van der Waals surface area contributed by atoms with Crippen molar-refractivity contribution >= 4 is 54.7 Å². The largest absolute Gasteiger partial charge is 0.527 e. The van der Waals surface area contributed by atoms with E-state index in [-0.39, 0.29) is 46.1 Å². The number of nitriles is 1. The van der Waals surface area contributed by atoms with Crippen molar-refractivity contribution in [3.05, 3.63) is 135 Å². The number of carbonyl (C=O) groups excluding carboxylic acids is 2. The topological polar surface area (TPSA) is 140 Å².